The first kappa shape index (κ1) is 14.0. The Bertz CT molecular complexity index is 503. The summed E-state index contributed by atoms with van der Waals surface area (Å²) >= 11 is 0. The predicted molar refractivity (Wildman–Crippen MR) is 56.4 cm³/mol. The first-order chi connectivity index (χ1) is 8.25. The molecule has 1 rings (SSSR count). The Hall–Kier alpha value is -2.06. The number of aliphatic hydroxyl groups is 2. The Kier molecular flexibility index (Phi) is 3.94. The highest BCUT2D eigenvalue weighted by Crippen LogP contribution is 2.29. The van der Waals surface area contributed by atoms with Crippen LogP contribution in [0.4, 0.5) is 10.1 Å². The van der Waals surface area contributed by atoms with Crippen molar-refractivity contribution in [1.82, 2.24) is 0 Å². The maximum Gasteiger partial charge on any atom is 0.335 e. The van der Waals surface area contributed by atoms with E-state index in [-0.39, 0.29) is 11.1 Å². The van der Waals surface area contributed by atoms with Crippen molar-refractivity contribution in [2.45, 2.75) is 19.1 Å². The van der Waals surface area contributed by atoms with Crippen molar-refractivity contribution >= 4 is 11.7 Å². The number of nitro benzene ring substituents is 1. The summed E-state index contributed by atoms with van der Waals surface area (Å²) in [6.45, 7) is 1.23. The van der Waals surface area contributed by atoms with Gasteiger partial charge in [-0.2, -0.15) is 0 Å². The highest BCUT2D eigenvalue weighted by Gasteiger charge is 2.29. The predicted octanol–water partition coefficient (Wildman–Crippen LogP) is 0.521. The molecule has 0 radical (unpaired) electrons. The lowest BCUT2D eigenvalue weighted by Gasteiger charge is -2.16. The molecule has 0 saturated heterocycles. The van der Waals surface area contributed by atoms with Crippen molar-refractivity contribution in [1.29, 1.82) is 0 Å². The molecule has 1 aromatic rings. The number of nitro groups is 1. The van der Waals surface area contributed by atoms with Crippen LogP contribution < -0.4 is 0 Å². The molecule has 2 atom stereocenters. The summed E-state index contributed by atoms with van der Waals surface area (Å²) < 4.78 is 13.1. The maximum atomic E-state index is 13.1. The highest BCUT2D eigenvalue weighted by molar-refractivity contribution is 5.73. The molecule has 0 amide bonds. The maximum absolute atomic E-state index is 13.1. The van der Waals surface area contributed by atoms with Gasteiger partial charge < -0.3 is 15.3 Å². The minimum absolute atomic E-state index is 0.103. The van der Waals surface area contributed by atoms with Crippen molar-refractivity contribution in [2.24, 2.45) is 0 Å². The Morgan fingerprint density at radius 3 is 2.44 bits per heavy atom. The summed E-state index contributed by atoms with van der Waals surface area (Å²) in [5.41, 5.74) is -1.03. The van der Waals surface area contributed by atoms with E-state index in [9.17, 15) is 24.4 Å². The molecule has 0 spiro atoms. The molecule has 0 saturated carbocycles. The van der Waals surface area contributed by atoms with Gasteiger partial charge in [-0.15, -0.1) is 0 Å². The molecule has 0 aliphatic rings. The topological polar surface area (TPSA) is 121 Å². The Morgan fingerprint density at radius 2 is 2.00 bits per heavy atom. The van der Waals surface area contributed by atoms with Crippen molar-refractivity contribution < 1.29 is 29.4 Å². The van der Waals surface area contributed by atoms with E-state index >= 15 is 0 Å². The molecule has 0 heterocycles. The molecule has 0 aliphatic carbocycles. The number of halogens is 1. The van der Waals surface area contributed by atoms with Gasteiger partial charge in [-0.05, 0) is 18.6 Å². The molecular weight excluding hydrogens is 249 g/mol. The lowest BCUT2D eigenvalue weighted by atomic mass is 9.98. The highest BCUT2D eigenvalue weighted by atomic mass is 19.1. The third kappa shape index (κ3) is 2.60. The molecule has 0 bridgehead atoms. The number of benzene rings is 1. The summed E-state index contributed by atoms with van der Waals surface area (Å²) in [5, 5.41) is 37.8. The van der Waals surface area contributed by atoms with E-state index in [0.717, 1.165) is 6.07 Å². The zero-order valence-corrected chi connectivity index (χ0v) is 9.20. The van der Waals surface area contributed by atoms with Crippen LogP contribution in [-0.4, -0.2) is 32.3 Å². The van der Waals surface area contributed by atoms with Gasteiger partial charge in [-0.1, -0.05) is 0 Å². The van der Waals surface area contributed by atoms with Crippen LogP contribution in [0.5, 0.6) is 0 Å². The van der Waals surface area contributed by atoms with Crippen LogP contribution in [0.25, 0.3) is 0 Å². The van der Waals surface area contributed by atoms with Gasteiger partial charge in [0.05, 0.1) is 11.0 Å². The average Bonchev–Trinajstić information content (AvgIpc) is 2.29. The third-order valence-corrected chi connectivity index (χ3v) is 2.45. The fourth-order valence-corrected chi connectivity index (χ4v) is 1.49. The van der Waals surface area contributed by atoms with Crippen LogP contribution in [0, 0.1) is 22.9 Å². The van der Waals surface area contributed by atoms with Gasteiger partial charge in [0.15, 0.2) is 6.10 Å². The van der Waals surface area contributed by atoms with Gasteiger partial charge in [-0.3, -0.25) is 10.1 Å². The van der Waals surface area contributed by atoms with Gasteiger partial charge in [-0.25, -0.2) is 9.18 Å². The Labute approximate surface area is 100 Å². The van der Waals surface area contributed by atoms with E-state index < -0.39 is 34.6 Å². The number of carboxylic acids is 1. The van der Waals surface area contributed by atoms with E-state index in [1.54, 1.807) is 0 Å². The second kappa shape index (κ2) is 5.07. The third-order valence-electron chi connectivity index (χ3n) is 2.45. The minimum atomic E-state index is -2.19. The standard InChI is InChI=1S/C10H10FNO6/c1-4-6(8(13)9(14)10(15)16)2-5(11)3-7(4)12(17)18/h2-3,8-9,13-14H,1H3,(H,15,16). The number of aliphatic carboxylic acids is 1. The van der Waals surface area contributed by atoms with E-state index in [1.807, 2.05) is 0 Å². The smallest absolute Gasteiger partial charge is 0.335 e. The van der Waals surface area contributed by atoms with Crippen LogP contribution in [-0.2, 0) is 4.79 Å². The molecule has 18 heavy (non-hydrogen) atoms. The number of carboxylic acid groups (broad SMARTS) is 1. The molecule has 7 nitrogen and oxygen atoms in total. The molecule has 1 aromatic carbocycles. The fourth-order valence-electron chi connectivity index (χ4n) is 1.49. The monoisotopic (exact) mass is 259 g/mol. The SMILES string of the molecule is Cc1c(C(O)C(O)C(=O)O)cc(F)cc1[N+](=O)[O-]. The largest absolute Gasteiger partial charge is 0.479 e. The first-order valence-corrected chi connectivity index (χ1v) is 4.79. The molecule has 98 valence electrons. The number of hydrogen-bond acceptors (Lipinski definition) is 5. The van der Waals surface area contributed by atoms with E-state index in [4.69, 9.17) is 10.2 Å². The van der Waals surface area contributed by atoms with Crippen LogP contribution in [0.1, 0.15) is 17.2 Å². The Morgan fingerprint density at radius 1 is 1.44 bits per heavy atom. The molecular formula is C10H10FNO6. The zero-order chi connectivity index (χ0) is 14.0. The lowest BCUT2D eigenvalue weighted by Crippen LogP contribution is -2.28. The summed E-state index contributed by atoms with van der Waals surface area (Å²) in [5.74, 6) is -2.72. The van der Waals surface area contributed by atoms with Crippen molar-refractivity contribution in [3.63, 3.8) is 0 Å². The van der Waals surface area contributed by atoms with Crippen molar-refractivity contribution in [3.05, 3.63) is 39.2 Å². The Balaban J connectivity index is 3.32. The van der Waals surface area contributed by atoms with Crippen LogP contribution in [0.15, 0.2) is 12.1 Å². The molecule has 0 aromatic heterocycles. The number of carbonyl (C=O) groups is 1. The molecule has 8 heteroatoms. The number of rotatable bonds is 4. The normalized spacial score (nSPS) is 14.0. The molecule has 2 unspecified atom stereocenters. The van der Waals surface area contributed by atoms with Gasteiger partial charge >= 0.3 is 5.97 Å². The summed E-state index contributed by atoms with van der Waals surface area (Å²) in [6.07, 6.45) is -4.14. The quantitative estimate of drug-likeness (QED) is 0.535. The lowest BCUT2D eigenvalue weighted by molar-refractivity contribution is -0.385. The molecule has 0 aliphatic heterocycles. The van der Waals surface area contributed by atoms with Gasteiger partial charge in [0.2, 0.25) is 0 Å². The second-order valence-electron chi connectivity index (χ2n) is 3.62. The summed E-state index contributed by atoms with van der Waals surface area (Å²) in [6, 6.07) is 1.40. The number of hydrogen-bond donors (Lipinski definition) is 3. The summed E-state index contributed by atoms with van der Waals surface area (Å²) in [4.78, 5) is 20.3. The number of nitrogens with zero attached hydrogens (tertiary/aromatic N) is 1. The first-order valence-electron chi connectivity index (χ1n) is 4.79. The molecule has 0 fully saturated rings. The van der Waals surface area contributed by atoms with E-state index in [0.29, 0.717) is 6.07 Å². The van der Waals surface area contributed by atoms with Gasteiger partial charge in [0, 0.05) is 5.56 Å². The minimum Gasteiger partial charge on any atom is -0.479 e. The van der Waals surface area contributed by atoms with E-state index in [1.165, 1.54) is 6.92 Å². The van der Waals surface area contributed by atoms with Crippen LogP contribution in [0.3, 0.4) is 0 Å². The van der Waals surface area contributed by atoms with Crippen LogP contribution in [0.2, 0.25) is 0 Å². The number of aliphatic hydroxyl groups excluding tert-OH is 2. The van der Waals surface area contributed by atoms with Gasteiger partial charge in [0.1, 0.15) is 11.9 Å². The summed E-state index contributed by atoms with van der Waals surface area (Å²) in [7, 11) is 0. The average molecular weight is 259 g/mol. The molecule has 3 N–H and O–H groups in total. The van der Waals surface area contributed by atoms with Crippen molar-refractivity contribution in [2.75, 3.05) is 0 Å². The van der Waals surface area contributed by atoms with E-state index in [2.05, 4.69) is 0 Å². The van der Waals surface area contributed by atoms with Gasteiger partial charge in [0.25, 0.3) is 5.69 Å². The van der Waals surface area contributed by atoms with Crippen molar-refractivity contribution in [3.8, 4) is 0 Å². The zero-order valence-electron chi connectivity index (χ0n) is 9.20. The fraction of sp³-hybridized carbons (Fsp3) is 0.300. The van der Waals surface area contributed by atoms with Crippen LogP contribution >= 0.6 is 0 Å². The second-order valence-corrected chi connectivity index (χ2v) is 3.62.